The first-order valence-corrected chi connectivity index (χ1v) is 8.44. The fraction of sp³-hybridized carbons (Fsp3) is 0.467. The molecule has 0 heterocycles. The number of hydrogen-bond acceptors (Lipinski definition) is 3. The van der Waals surface area contributed by atoms with Gasteiger partial charge < -0.3 is 16.0 Å². The molecule has 0 unspecified atom stereocenters. The van der Waals surface area contributed by atoms with Gasteiger partial charge in [0.25, 0.3) is 0 Å². The number of anilines is 1. The topological polar surface area (TPSA) is 65.5 Å². The van der Waals surface area contributed by atoms with Crippen LogP contribution in [0.3, 0.4) is 0 Å². The molecule has 3 N–H and O–H groups in total. The van der Waals surface area contributed by atoms with E-state index in [1.165, 1.54) is 12.2 Å². The number of unbranched alkanes of at least 4 members (excludes halogenated alkanes) is 1. The molecule has 1 rings (SSSR count). The Hall–Kier alpha value is -1.69. The number of carbonyl (C=O) groups is 1. The van der Waals surface area contributed by atoms with Crippen molar-refractivity contribution in [2.24, 2.45) is 4.99 Å². The predicted molar refractivity (Wildman–Crippen MR) is 92.1 cm³/mol. The molecule has 0 atom stereocenters. The van der Waals surface area contributed by atoms with Crippen molar-refractivity contribution in [1.29, 1.82) is 0 Å². The zero-order valence-electron chi connectivity index (χ0n) is 12.7. The third-order valence-corrected chi connectivity index (χ3v) is 3.46. The Morgan fingerprint density at radius 2 is 1.95 bits per heavy atom. The molecule has 1 aromatic rings. The van der Waals surface area contributed by atoms with Crippen LogP contribution in [0.5, 0.6) is 0 Å². The highest BCUT2D eigenvalue weighted by atomic mass is 32.2. The molecular formula is C15H24N4OS. The van der Waals surface area contributed by atoms with E-state index in [4.69, 9.17) is 0 Å². The molecule has 1 aromatic carbocycles. The standard InChI is InChI=1S/C15H24N4OS/c1-16-15(17-10-6-7-11-21-2)18-12-14(20)19-13-8-4-3-5-9-13/h3-5,8-9H,6-7,10-12H2,1-2H3,(H,19,20)(H2,16,17,18). The molecule has 0 saturated heterocycles. The molecule has 21 heavy (non-hydrogen) atoms. The van der Waals surface area contributed by atoms with Crippen molar-refractivity contribution in [2.75, 3.05) is 37.5 Å². The second-order valence-corrected chi connectivity index (χ2v) is 5.45. The van der Waals surface area contributed by atoms with Gasteiger partial charge >= 0.3 is 0 Å². The van der Waals surface area contributed by atoms with Gasteiger partial charge in [0.15, 0.2) is 5.96 Å². The number of amides is 1. The van der Waals surface area contributed by atoms with Gasteiger partial charge in [0.2, 0.25) is 5.91 Å². The number of carbonyl (C=O) groups excluding carboxylic acids is 1. The Kier molecular flexibility index (Phi) is 9.11. The number of para-hydroxylation sites is 1. The summed E-state index contributed by atoms with van der Waals surface area (Å²) in [5.74, 6) is 1.74. The van der Waals surface area contributed by atoms with Crippen molar-refractivity contribution in [1.82, 2.24) is 10.6 Å². The van der Waals surface area contributed by atoms with Gasteiger partial charge in [-0.3, -0.25) is 9.79 Å². The summed E-state index contributed by atoms with van der Waals surface area (Å²) < 4.78 is 0. The van der Waals surface area contributed by atoms with Crippen molar-refractivity contribution in [3.05, 3.63) is 30.3 Å². The average Bonchev–Trinajstić information content (AvgIpc) is 2.51. The molecule has 0 spiro atoms. The molecule has 0 aliphatic carbocycles. The number of nitrogens with zero attached hydrogens (tertiary/aromatic N) is 1. The SMILES string of the molecule is CN=C(NCCCCSC)NCC(=O)Nc1ccccc1. The molecule has 0 saturated carbocycles. The second kappa shape index (κ2) is 11.0. The smallest absolute Gasteiger partial charge is 0.243 e. The fourth-order valence-electron chi connectivity index (χ4n) is 1.69. The summed E-state index contributed by atoms with van der Waals surface area (Å²) >= 11 is 1.85. The lowest BCUT2D eigenvalue weighted by molar-refractivity contribution is -0.115. The number of aliphatic imine (C=N–C) groups is 1. The van der Waals surface area contributed by atoms with Gasteiger partial charge in [-0.2, -0.15) is 11.8 Å². The zero-order valence-corrected chi connectivity index (χ0v) is 13.5. The molecule has 0 radical (unpaired) electrons. The quantitative estimate of drug-likeness (QED) is 0.390. The lowest BCUT2D eigenvalue weighted by atomic mass is 10.3. The van der Waals surface area contributed by atoms with E-state index in [0.717, 1.165) is 18.7 Å². The summed E-state index contributed by atoms with van der Waals surface area (Å²) in [6.45, 7) is 1.06. The van der Waals surface area contributed by atoms with Gasteiger partial charge in [0.05, 0.1) is 6.54 Å². The van der Waals surface area contributed by atoms with Gasteiger partial charge in [0, 0.05) is 19.3 Å². The number of nitrogens with one attached hydrogen (secondary N) is 3. The highest BCUT2D eigenvalue weighted by Gasteiger charge is 2.03. The van der Waals surface area contributed by atoms with Crippen molar-refractivity contribution in [3.8, 4) is 0 Å². The summed E-state index contributed by atoms with van der Waals surface area (Å²) in [6.07, 6.45) is 4.39. The largest absolute Gasteiger partial charge is 0.356 e. The zero-order chi connectivity index (χ0) is 15.3. The first-order valence-electron chi connectivity index (χ1n) is 7.04. The summed E-state index contributed by atoms with van der Waals surface area (Å²) in [7, 11) is 1.70. The minimum atomic E-state index is -0.0912. The van der Waals surface area contributed by atoms with E-state index in [9.17, 15) is 4.79 Å². The van der Waals surface area contributed by atoms with Crippen LogP contribution in [0.25, 0.3) is 0 Å². The molecular weight excluding hydrogens is 284 g/mol. The lowest BCUT2D eigenvalue weighted by Crippen LogP contribution is -2.41. The van der Waals surface area contributed by atoms with Crippen molar-refractivity contribution in [2.45, 2.75) is 12.8 Å². The molecule has 6 heteroatoms. The second-order valence-electron chi connectivity index (χ2n) is 4.47. The van der Waals surface area contributed by atoms with E-state index in [0.29, 0.717) is 5.96 Å². The highest BCUT2D eigenvalue weighted by Crippen LogP contribution is 2.03. The number of rotatable bonds is 8. The summed E-state index contributed by atoms with van der Waals surface area (Å²) in [4.78, 5) is 15.9. The third-order valence-electron chi connectivity index (χ3n) is 2.77. The summed E-state index contributed by atoms with van der Waals surface area (Å²) in [5, 5.41) is 9.02. The van der Waals surface area contributed by atoms with E-state index in [1.807, 2.05) is 42.1 Å². The first-order chi connectivity index (χ1) is 10.3. The predicted octanol–water partition coefficient (Wildman–Crippen LogP) is 1.93. The van der Waals surface area contributed by atoms with Crippen molar-refractivity contribution < 1.29 is 4.79 Å². The van der Waals surface area contributed by atoms with E-state index < -0.39 is 0 Å². The van der Waals surface area contributed by atoms with Gasteiger partial charge in [-0.15, -0.1) is 0 Å². The van der Waals surface area contributed by atoms with E-state index in [1.54, 1.807) is 7.05 Å². The normalized spacial score (nSPS) is 11.0. The van der Waals surface area contributed by atoms with Crippen molar-refractivity contribution >= 4 is 29.3 Å². The van der Waals surface area contributed by atoms with Crippen molar-refractivity contribution in [3.63, 3.8) is 0 Å². The van der Waals surface area contributed by atoms with Crippen LogP contribution in [-0.4, -0.2) is 44.0 Å². The molecule has 116 valence electrons. The summed E-state index contributed by atoms with van der Waals surface area (Å²) in [6, 6.07) is 9.40. The number of guanidine groups is 1. The molecule has 0 aliphatic heterocycles. The van der Waals surface area contributed by atoms with E-state index >= 15 is 0 Å². The fourth-order valence-corrected chi connectivity index (χ4v) is 2.18. The van der Waals surface area contributed by atoms with Crippen LogP contribution < -0.4 is 16.0 Å². The van der Waals surface area contributed by atoms with Crippen LogP contribution in [0.2, 0.25) is 0 Å². The maximum atomic E-state index is 11.8. The first kappa shape index (κ1) is 17.4. The van der Waals surface area contributed by atoms with Crippen LogP contribution >= 0.6 is 11.8 Å². The van der Waals surface area contributed by atoms with Crippen LogP contribution in [0.4, 0.5) is 5.69 Å². The van der Waals surface area contributed by atoms with Gasteiger partial charge in [0.1, 0.15) is 0 Å². The van der Waals surface area contributed by atoms with E-state index in [2.05, 4.69) is 27.2 Å². The Bertz CT molecular complexity index is 437. The lowest BCUT2D eigenvalue weighted by Gasteiger charge is -2.11. The Labute approximate surface area is 131 Å². The van der Waals surface area contributed by atoms with E-state index in [-0.39, 0.29) is 12.5 Å². The molecule has 1 amide bonds. The van der Waals surface area contributed by atoms with Gasteiger partial charge in [-0.25, -0.2) is 0 Å². The minimum Gasteiger partial charge on any atom is -0.356 e. The monoisotopic (exact) mass is 308 g/mol. The molecule has 0 aromatic heterocycles. The highest BCUT2D eigenvalue weighted by molar-refractivity contribution is 7.98. The Morgan fingerprint density at radius 3 is 2.62 bits per heavy atom. The minimum absolute atomic E-state index is 0.0912. The molecule has 0 bridgehead atoms. The maximum Gasteiger partial charge on any atom is 0.243 e. The number of hydrogen-bond donors (Lipinski definition) is 3. The number of benzene rings is 1. The number of thioether (sulfide) groups is 1. The van der Waals surface area contributed by atoms with Crippen LogP contribution in [-0.2, 0) is 4.79 Å². The Morgan fingerprint density at radius 1 is 1.19 bits per heavy atom. The average molecular weight is 308 g/mol. The van der Waals surface area contributed by atoms with Crippen LogP contribution in [0.1, 0.15) is 12.8 Å². The maximum absolute atomic E-state index is 11.8. The van der Waals surface area contributed by atoms with Gasteiger partial charge in [-0.1, -0.05) is 18.2 Å². The molecule has 5 nitrogen and oxygen atoms in total. The Balaban J connectivity index is 2.20. The molecule has 0 fully saturated rings. The third kappa shape index (κ3) is 8.24. The van der Waals surface area contributed by atoms with Crippen LogP contribution in [0.15, 0.2) is 35.3 Å². The van der Waals surface area contributed by atoms with Gasteiger partial charge in [-0.05, 0) is 37.0 Å². The van der Waals surface area contributed by atoms with Crippen LogP contribution in [0, 0.1) is 0 Å². The summed E-state index contributed by atoms with van der Waals surface area (Å²) in [5.41, 5.74) is 0.796. The molecule has 0 aliphatic rings.